The number of benzene rings is 1. The molecule has 31 heavy (non-hydrogen) atoms. The summed E-state index contributed by atoms with van der Waals surface area (Å²) in [6.07, 6.45) is 7.66. The van der Waals surface area contributed by atoms with E-state index >= 15 is 0 Å². The van der Waals surface area contributed by atoms with Crippen LogP contribution in [0.15, 0.2) is 47.6 Å². The number of rotatable bonds is 0. The minimum absolute atomic E-state index is 0.0120. The number of fused-ring (bicyclic) bond motifs is 9. The SMILES string of the molecule is CC1(C)O[C@@]23CC[C@@]4(C)C(=CC[C@H]5Cc6c([nH]c7ccccc67)[C@@]54C)C2=CC(=O)[C@@H]1O3. The van der Waals surface area contributed by atoms with Gasteiger partial charge in [0.1, 0.15) is 5.60 Å². The molecule has 0 unspecified atom stereocenters. The van der Waals surface area contributed by atoms with Crippen LogP contribution in [-0.2, 0) is 26.1 Å². The molecule has 2 aromatic rings. The van der Waals surface area contributed by atoms with E-state index in [0.29, 0.717) is 5.92 Å². The summed E-state index contributed by atoms with van der Waals surface area (Å²) in [5.74, 6) is -0.155. The Kier molecular flexibility index (Phi) is 3.11. The first kappa shape index (κ1) is 18.4. The molecule has 4 heteroatoms. The summed E-state index contributed by atoms with van der Waals surface area (Å²) >= 11 is 0. The predicted molar refractivity (Wildman–Crippen MR) is 119 cm³/mol. The number of ketones is 1. The molecule has 1 aromatic carbocycles. The van der Waals surface area contributed by atoms with E-state index in [0.717, 1.165) is 31.3 Å². The minimum atomic E-state index is -0.765. The second kappa shape index (κ2) is 5.24. The number of aromatic amines is 1. The lowest BCUT2D eigenvalue weighted by Gasteiger charge is -2.58. The number of carbonyl (C=O) groups excluding carboxylic acids is 1. The highest BCUT2D eigenvalue weighted by Gasteiger charge is 2.68. The molecule has 7 rings (SSSR count). The van der Waals surface area contributed by atoms with Gasteiger partial charge in [0, 0.05) is 39.4 Å². The molecule has 0 radical (unpaired) electrons. The highest BCUT2D eigenvalue weighted by atomic mass is 16.8. The molecule has 1 spiro atoms. The standard InChI is InChI=1S/C27H29NO3/c1-24(2)23-21(29)14-19-18-10-9-15-13-17-16-7-5-6-8-20(16)28-22(17)26(15,4)25(18,3)11-12-27(19,30-23)31-24/h5-8,10,14-15,23,28H,9,11-13H2,1-4H3/t15-,23-,25-,26+,27-/m0/s1. The van der Waals surface area contributed by atoms with E-state index in [1.54, 1.807) is 0 Å². The minimum Gasteiger partial charge on any atom is -0.358 e. The van der Waals surface area contributed by atoms with Crippen molar-refractivity contribution in [1.29, 1.82) is 0 Å². The van der Waals surface area contributed by atoms with Gasteiger partial charge in [-0.15, -0.1) is 0 Å². The topological polar surface area (TPSA) is 51.3 Å². The lowest BCUT2D eigenvalue weighted by atomic mass is 9.48. The quantitative estimate of drug-likeness (QED) is 0.649. The van der Waals surface area contributed by atoms with Crippen molar-refractivity contribution < 1.29 is 14.3 Å². The third-order valence-electron chi connectivity index (χ3n) is 9.51. The lowest BCUT2D eigenvalue weighted by molar-refractivity contribution is -0.180. The Bertz CT molecular complexity index is 1250. The Labute approximate surface area is 182 Å². The first-order valence-corrected chi connectivity index (χ1v) is 11.6. The molecule has 4 nitrogen and oxygen atoms in total. The van der Waals surface area contributed by atoms with Gasteiger partial charge in [-0.3, -0.25) is 4.79 Å². The number of hydrogen-bond donors (Lipinski definition) is 1. The van der Waals surface area contributed by atoms with E-state index in [1.165, 1.54) is 27.7 Å². The molecule has 2 aliphatic heterocycles. The fraction of sp³-hybridized carbons (Fsp3) is 0.519. The van der Waals surface area contributed by atoms with Crippen LogP contribution in [0.3, 0.4) is 0 Å². The normalized spacial score (nSPS) is 41.9. The first-order chi connectivity index (χ1) is 14.7. The number of nitrogens with one attached hydrogen (secondary N) is 1. The highest BCUT2D eigenvalue weighted by Crippen LogP contribution is 2.68. The summed E-state index contributed by atoms with van der Waals surface area (Å²) in [6.45, 7) is 8.83. The van der Waals surface area contributed by atoms with Gasteiger partial charge in [0.2, 0.25) is 0 Å². The molecule has 2 fully saturated rings. The molecule has 1 N–H and O–H groups in total. The number of ether oxygens (including phenoxy) is 2. The molecule has 1 aromatic heterocycles. The van der Waals surface area contributed by atoms with Gasteiger partial charge in [-0.05, 0) is 62.3 Å². The molecule has 1 saturated carbocycles. The van der Waals surface area contributed by atoms with Gasteiger partial charge < -0.3 is 14.5 Å². The van der Waals surface area contributed by atoms with Crippen LogP contribution in [-0.4, -0.2) is 28.3 Å². The van der Waals surface area contributed by atoms with Crippen molar-refractivity contribution in [3.63, 3.8) is 0 Å². The molecule has 0 amide bonds. The fourth-order valence-electron chi connectivity index (χ4n) is 7.75. The lowest BCUT2D eigenvalue weighted by Crippen LogP contribution is -2.56. The van der Waals surface area contributed by atoms with E-state index in [1.807, 2.05) is 19.9 Å². The maximum Gasteiger partial charge on any atom is 0.196 e. The van der Waals surface area contributed by atoms with Crippen molar-refractivity contribution in [1.82, 2.24) is 4.98 Å². The Morgan fingerprint density at radius 2 is 1.87 bits per heavy atom. The zero-order chi connectivity index (χ0) is 21.4. The summed E-state index contributed by atoms with van der Waals surface area (Å²) in [4.78, 5) is 16.8. The average Bonchev–Trinajstić information content (AvgIpc) is 3.31. The largest absolute Gasteiger partial charge is 0.358 e. The Hall–Kier alpha value is -2.17. The summed E-state index contributed by atoms with van der Waals surface area (Å²) in [5.41, 5.74) is 5.69. The number of H-pyrrole nitrogens is 1. The van der Waals surface area contributed by atoms with Crippen LogP contribution in [0.2, 0.25) is 0 Å². The molecule has 5 aliphatic rings. The van der Waals surface area contributed by atoms with Gasteiger partial charge in [0.15, 0.2) is 17.7 Å². The Balaban J connectivity index is 1.42. The molecule has 2 bridgehead atoms. The van der Waals surface area contributed by atoms with Crippen LogP contribution in [0.5, 0.6) is 0 Å². The van der Waals surface area contributed by atoms with Gasteiger partial charge >= 0.3 is 0 Å². The van der Waals surface area contributed by atoms with E-state index in [2.05, 4.69) is 49.2 Å². The summed E-state index contributed by atoms with van der Waals surface area (Å²) in [7, 11) is 0. The second-order valence-electron chi connectivity index (χ2n) is 11.2. The summed E-state index contributed by atoms with van der Waals surface area (Å²) in [6, 6.07) is 8.69. The molecule has 160 valence electrons. The van der Waals surface area contributed by atoms with E-state index in [-0.39, 0.29) is 16.6 Å². The number of allylic oxidation sites excluding steroid dienone is 1. The number of aromatic nitrogens is 1. The summed E-state index contributed by atoms with van der Waals surface area (Å²) in [5, 5.41) is 1.37. The van der Waals surface area contributed by atoms with Gasteiger partial charge in [-0.1, -0.05) is 38.1 Å². The zero-order valence-corrected chi connectivity index (χ0v) is 18.7. The van der Waals surface area contributed by atoms with E-state index in [9.17, 15) is 4.79 Å². The van der Waals surface area contributed by atoms with Crippen LogP contribution < -0.4 is 0 Å². The second-order valence-corrected chi connectivity index (χ2v) is 11.2. The Morgan fingerprint density at radius 1 is 1.06 bits per heavy atom. The monoisotopic (exact) mass is 415 g/mol. The highest BCUT2D eigenvalue weighted by molar-refractivity contribution is 5.98. The molecular weight excluding hydrogens is 386 g/mol. The number of hydrogen-bond acceptors (Lipinski definition) is 3. The molecule has 3 aliphatic carbocycles. The van der Waals surface area contributed by atoms with Crippen LogP contribution in [0.1, 0.15) is 58.2 Å². The summed E-state index contributed by atoms with van der Waals surface area (Å²) < 4.78 is 12.9. The van der Waals surface area contributed by atoms with Gasteiger partial charge in [-0.25, -0.2) is 0 Å². The van der Waals surface area contributed by atoms with E-state index in [4.69, 9.17) is 9.47 Å². The zero-order valence-electron chi connectivity index (χ0n) is 18.7. The van der Waals surface area contributed by atoms with Gasteiger partial charge in [-0.2, -0.15) is 0 Å². The van der Waals surface area contributed by atoms with Crippen molar-refractivity contribution in [3.05, 3.63) is 58.8 Å². The maximum atomic E-state index is 13.0. The maximum absolute atomic E-state index is 13.0. The van der Waals surface area contributed by atoms with E-state index < -0.39 is 17.5 Å². The van der Waals surface area contributed by atoms with Crippen LogP contribution >= 0.6 is 0 Å². The van der Waals surface area contributed by atoms with Crippen molar-refractivity contribution >= 4 is 16.7 Å². The molecule has 3 heterocycles. The average molecular weight is 416 g/mol. The van der Waals surface area contributed by atoms with Crippen molar-refractivity contribution in [2.75, 3.05) is 0 Å². The predicted octanol–water partition coefficient (Wildman–Crippen LogP) is 5.13. The number of carbonyl (C=O) groups is 1. The van der Waals surface area contributed by atoms with Crippen LogP contribution in [0.25, 0.3) is 10.9 Å². The third kappa shape index (κ3) is 1.90. The first-order valence-electron chi connectivity index (χ1n) is 11.6. The van der Waals surface area contributed by atoms with Crippen molar-refractivity contribution in [2.45, 2.75) is 76.3 Å². The smallest absolute Gasteiger partial charge is 0.196 e. The molecule has 5 atom stereocenters. The number of para-hydroxylation sites is 1. The fourth-order valence-corrected chi connectivity index (χ4v) is 7.75. The van der Waals surface area contributed by atoms with Crippen molar-refractivity contribution in [3.8, 4) is 0 Å². The van der Waals surface area contributed by atoms with Gasteiger partial charge in [0.05, 0.1) is 0 Å². The third-order valence-corrected chi connectivity index (χ3v) is 9.51. The van der Waals surface area contributed by atoms with Gasteiger partial charge in [0.25, 0.3) is 0 Å². The molecular formula is C27H29NO3. The van der Waals surface area contributed by atoms with Crippen LogP contribution in [0.4, 0.5) is 0 Å². The Morgan fingerprint density at radius 3 is 2.71 bits per heavy atom. The van der Waals surface area contributed by atoms with Crippen molar-refractivity contribution in [2.24, 2.45) is 11.3 Å². The molecule has 1 saturated heterocycles. The van der Waals surface area contributed by atoms with Crippen LogP contribution in [0, 0.1) is 11.3 Å².